The van der Waals surface area contributed by atoms with E-state index in [1.165, 1.54) is 18.4 Å². The molecule has 0 spiro atoms. The predicted molar refractivity (Wildman–Crippen MR) is 103 cm³/mol. The van der Waals surface area contributed by atoms with Crippen molar-refractivity contribution in [3.8, 4) is 17.2 Å². The lowest BCUT2D eigenvalue weighted by Crippen LogP contribution is -2.33. The van der Waals surface area contributed by atoms with E-state index in [4.69, 9.17) is 18.9 Å². The second-order valence-corrected chi connectivity index (χ2v) is 6.45. The van der Waals surface area contributed by atoms with E-state index in [0.29, 0.717) is 30.3 Å². The first-order chi connectivity index (χ1) is 13.1. The molecule has 8 heteroatoms. The first-order valence-corrected chi connectivity index (χ1v) is 9.15. The Hall–Kier alpha value is -2.58. The molecule has 0 aliphatic rings. The molecule has 2 aromatic rings. The van der Waals surface area contributed by atoms with Crippen molar-refractivity contribution in [3.63, 3.8) is 0 Å². The molecule has 1 heterocycles. The maximum atomic E-state index is 12.1. The fourth-order valence-electron chi connectivity index (χ4n) is 2.40. The molecule has 0 radical (unpaired) electrons. The number of hydrogen-bond donors (Lipinski definition) is 0. The SMILES string of the molecule is C=CCN(Cc1csc(COc2c(OC)cccc2OC)n1)C(=O)COC. The van der Waals surface area contributed by atoms with Crippen molar-refractivity contribution < 1.29 is 23.7 Å². The normalized spacial score (nSPS) is 10.3. The Kier molecular flexibility index (Phi) is 8.09. The molecular formula is C19H24N2O5S. The lowest BCUT2D eigenvalue weighted by Gasteiger charge is -2.19. The van der Waals surface area contributed by atoms with Gasteiger partial charge in [0.05, 0.1) is 26.5 Å². The number of nitrogens with zero attached hydrogens (tertiary/aromatic N) is 2. The second-order valence-electron chi connectivity index (χ2n) is 5.51. The van der Waals surface area contributed by atoms with Crippen LogP contribution < -0.4 is 14.2 Å². The lowest BCUT2D eigenvalue weighted by atomic mass is 10.3. The standard InChI is InChI=1S/C19H24N2O5S/c1-5-9-21(18(22)12-23-2)10-14-13-27-17(20-14)11-26-19-15(24-3)7-6-8-16(19)25-4/h5-8,13H,1,9-12H2,2-4H3. The minimum Gasteiger partial charge on any atom is -0.493 e. The Bertz CT molecular complexity index is 740. The van der Waals surface area contributed by atoms with Crippen LogP contribution in [0.5, 0.6) is 17.2 Å². The second kappa shape index (κ2) is 10.5. The van der Waals surface area contributed by atoms with Gasteiger partial charge in [0.15, 0.2) is 11.5 Å². The number of rotatable bonds is 11. The van der Waals surface area contributed by atoms with Crippen molar-refractivity contribution in [1.82, 2.24) is 9.88 Å². The van der Waals surface area contributed by atoms with Crippen molar-refractivity contribution in [3.05, 3.63) is 46.9 Å². The molecule has 1 amide bonds. The molecule has 27 heavy (non-hydrogen) atoms. The van der Waals surface area contributed by atoms with Gasteiger partial charge in [0.25, 0.3) is 0 Å². The third-order valence-corrected chi connectivity index (χ3v) is 4.52. The largest absolute Gasteiger partial charge is 0.493 e. The van der Waals surface area contributed by atoms with Gasteiger partial charge in [-0.05, 0) is 12.1 Å². The zero-order valence-corrected chi connectivity index (χ0v) is 16.6. The monoisotopic (exact) mass is 392 g/mol. The Morgan fingerprint density at radius 3 is 2.56 bits per heavy atom. The summed E-state index contributed by atoms with van der Waals surface area (Å²) in [5, 5.41) is 2.70. The molecule has 1 aromatic heterocycles. The van der Waals surface area contributed by atoms with Gasteiger partial charge in [-0.1, -0.05) is 12.1 Å². The summed E-state index contributed by atoms with van der Waals surface area (Å²) >= 11 is 1.47. The summed E-state index contributed by atoms with van der Waals surface area (Å²) in [4.78, 5) is 18.3. The summed E-state index contributed by atoms with van der Waals surface area (Å²) in [6, 6.07) is 5.44. The van der Waals surface area contributed by atoms with E-state index in [2.05, 4.69) is 11.6 Å². The first kappa shape index (κ1) is 20.7. The number of ether oxygens (including phenoxy) is 4. The van der Waals surface area contributed by atoms with Gasteiger partial charge in [0, 0.05) is 19.0 Å². The van der Waals surface area contributed by atoms with Crippen LogP contribution in [-0.2, 0) is 22.7 Å². The minimum atomic E-state index is -0.109. The quantitative estimate of drug-likeness (QED) is 0.548. The van der Waals surface area contributed by atoms with Gasteiger partial charge in [0.1, 0.15) is 18.2 Å². The molecule has 0 atom stereocenters. The lowest BCUT2D eigenvalue weighted by molar-refractivity contribution is -0.135. The van der Waals surface area contributed by atoms with Crippen LogP contribution in [0.15, 0.2) is 36.2 Å². The third-order valence-electron chi connectivity index (χ3n) is 3.64. The molecule has 0 aliphatic carbocycles. The molecule has 0 bridgehead atoms. The Morgan fingerprint density at radius 1 is 1.26 bits per heavy atom. The van der Waals surface area contributed by atoms with E-state index in [0.717, 1.165) is 10.7 Å². The predicted octanol–water partition coefficient (Wildman–Crippen LogP) is 2.90. The van der Waals surface area contributed by atoms with E-state index >= 15 is 0 Å². The van der Waals surface area contributed by atoms with Crippen LogP contribution in [-0.4, -0.2) is 50.3 Å². The maximum Gasteiger partial charge on any atom is 0.249 e. The summed E-state index contributed by atoms with van der Waals surface area (Å²) < 4.78 is 21.4. The number of amides is 1. The van der Waals surface area contributed by atoms with Crippen molar-refractivity contribution >= 4 is 17.2 Å². The smallest absolute Gasteiger partial charge is 0.249 e. The average molecular weight is 392 g/mol. The molecule has 0 N–H and O–H groups in total. The fourth-order valence-corrected chi connectivity index (χ4v) is 3.10. The number of aromatic nitrogens is 1. The summed E-state index contributed by atoms with van der Waals surface area (Å²) in [5.74, 6) is 1.60. The van der Waals surface area contributed by atoms with Gasteiger partial charge in [-0.25, -0.2) is 4.98 Å². The van der Waals surface area contributed by atoms with Gasteiger partial charge in [-0.15, -0.1) is 17.9 Å². The van der Waals surface area contributed by atoms with Crippen molar-refractivity contribution in [2.45, 2.75) is 13.2 Å². The number of methoxy groups -OCH3 is 3. The van der Waals surface area contributed by atoms with E-state index < -0.39 is 0 Å². The third kappa shape index (κ3) is 5.70. The van der Waals surface area contributed by atoms with Gasteiger partial charge in [0.2, 0.25) is 11.7 Å². The molecule has 0 saturated carbocycles. The highest BCUT2D eigenvalue weighted by atomic mass is 32.1. The summed E-state index contributed by atoms with van der Waals surface area (Å²) in [6.07, 6.45) is 1.68. The molecular weight excluding hydrogens is 368 g/mol. The van der Waals surface area contributed by atoms with Crippen molar-refractivity contribution in [2.75, 3.05) is 34.5 Å². The first-order valence-electron chi connectivity index (χ1n) is 8.27. The van der Waals surface area contributed by atoms with Crippen molar-refractivity contribution in [2.24, 2.45) is 0 Å². The Balaban J connectivity index is 2.04. The van der Waals surface area contributed by atoms with E-state index in [-0.39, 0.29) is 19.1 Å². The average Bonchev–Trinajstić information content (AvgIpc) is 3.13. The van der Waals surface area contributed by atoms with Crippen LogP contribution in [0.3, 0.4) is 0 Å². The molecule has 1 aromatic carbocycles. The van der Waals surface area contributed by atoms with Gasteiger partial charge in [-0.3, -0.25) is 4.79 Å². The molecule has 0 unspecified atom stereocenters. The molecule has 2 rings (SSSR count). The zero-order valence-electron chi connectivity index (χ0n) is 15.8. The highest BCUT2D eigenvalue weighted by Gasteiger charge is 2.16. The molecule has 0 fully saturated rings. The highest BCUT2D eigenvalue weighted by molar-refractivity contribution is 7.09. The van der Waals surface area contributed by atoms with E-state index in [9.17, 15) is 4.79 Å². The minimum absolute atomic E-state index is 0.0293. The number of carbonyl (C=O) groups excluding carboxylic acids is 1. The van der Waals surface area contributed by atoms with Gasteiger partial charge >= 0.3 is 0 Å². The number of carbonyl (C=O) groups is 1. The van der Waals surface area contributed by atoms with E-state index in [1.807, 2.05) is 11.4 Å². The Labute approximate surface area is 163 Å². The summed E-state index contributed by atoms with van der Waals surface area (Å²) in [5.41, 5.74) is 0.789. The van der Waals surface area contributed by atoms with Crippen LogP contribution in [0.25, 0.3) is 0 Å². The zero-order chi connectivity index (χ0) is 19.6. The molecule has 0 saturated heterocycles. The molecule has 0 aliphatic heterocycles. The number of thiazole rings is 1. The van der Waals surface area contributed by atoms with Gasteiger partial charge in [-0.2, -0.15) is 0 Å². The Morgan fingerprint density at radius 2 is 1.96 bits per heavy atom. The van der Waals surface area contributed by atoms with E-state index in [1.54, 1.807) is 37.3 Å². The number of para-hydroxylation sites is 1. The van der Waals surface area contributed by atoms with Crippen LogP contribution in [0, 0.1) is 0 Å². The fraction of sp³-hybridized carbons (Fsp3) is 0.368. The number of hydrogen-bond acceptors (Lipinski definition) is 7. The topological polar surface area (TPSA) is 70.1 Å². The van der Waals surface area contributed by atoms with Crippen LogP contribution in [0.2, 0.25) is 0 Å². The van der Waals surface area contributed by atoms with Crippen LogP contribution in [0.1, 0.15) is 10.7 Å². The summed E-state index contributed by atoms with van der Waals surface area (Å²) in [7, 11) is 4.65. The summed E-state index contributed by atoms with van der Waals surface area (Å²) in [6.45, 7) is 4.82. The van der Waals surface area contributed by atoms with Crippen LogP contribution >= 0.6 is 11.3 Å². The maximum absolute atomic E-state index is 12.1. The van der Waals surface area contributed by atoms with Crippen molar-refractivity contribution in [1.29, 1.82) is 0 Å². The molecule has 146 valence electrons. The van der Waals surface area contributed by atoms with Gasteiger partial charge < -0.3 is 23.8 Å². The number of benzene rings is 1. The highest BCUT2D eigenvalue weighted by Crippen LogP contribution is 2.37. The molecule has 7 nitrogen and oxygen atoms in total. The van der Waals surface area contributed by atoms with Crippen LogP contribution in [0.4, 0.5) is 0 Å².